The first-order chi connectivity index (χ1) is 13.8. The average molecular weight is 374 g/mol. The van der Waals surface area contributed by atoms with E-state index in [9.17, 15) is 0 Å². The molecule has 0 aromatic carbocycles. The van der Waals surface area contributed by atoms with Crippen molar-refractivity contribution in [2.75, 3.05) is 5.32 Å². The largest absolute Gasteiger partial charge is 0.367 e. The van der Waals surface area contributed by atoms with Gasteiger partial charge in [-0.2, -0.15) is 5.26 Å². The molecule has 1 saturated carbocycles. The zero-order valence-electron chi connectivity index (χ0n) is 15.9. The van der Waals surface area contributed by atoms with Crippen molar-refractivity contribution in [3.05, 3.63) is 48.2 Å². The van der Waals surface area contributed by atoms with Crippen LogP contribution in [0.25, 0.3) is 16.8 Å². The molecule has 4 aromatic heterocycles. The van der Waals surface area contributed by atoms with Crippen molar-refractivity contribution < 1.29 is 0 Å². The predicted molar refractivity (Wildman–Crippen MR) is 107 cm³/mol. The maximum atomic E-state index is 8.87. The summed E-state index contributed by atoms with van der Waals surface area (Å²) in [6.07, 6.45) is 8.29. The molecular weight excluding hydrogens is 352 g/mol. The second-order valence-corrected chi connectivity index (χ2v) is 6.62. The van der Waals surface area contributed by atoms with E-state index in [-0.39, 0.29) is 0 Å². The van der Waals surface area contributed by atoms with E-state index in [4.69, 9.17) is 5.26 Å². The molecule has 0 spiro atoms. The van der Waals surface area contributed by atoms with Crippen LogP contribution in [0.1, 0.15) is 50.4 Å². The van der Waals surface area contributed by atoms with Gasteiger partial charge in [0.1, 0.15) is 17.7 Å². The van der Waals surface area contributed by atoms with Crippen LogP contribution in [0.4, 0.5) is 5.82 Å². The van der Waals surface area contributed by atoms with Crippen molar-refractivity contribution in [1.29, 1.82) is 5.26 Å². The van der Waals surface area contributed by atoms with E-state index < -0.39 is 0 Å². The number of nitrogens with one attached hydrogen (secondary N) is 2. The first-order valence-corrected chi connectivity index (χ1v) is 9.61. The molecule has 4 heterocycles. The fourth-order valence-corrected chi connectivity index (χ4v) is 3.76. The Labute approximate surface area is 162 Å². The van der Waals surface area contributed by atoms with Crippen molar-refractivity contribution in [2.45, 2.75) is 45.1 Å². The van der Waals surface area contributed by atoms with E-state index in [2.05, 4.69) is 40.9 Å². The van der Waals surface area contributed by atoms with Gasteiger partial charge in [0.15, 0.2) is 11.3 Å². The zero-order chi connectivity index (χ0) is 19.5. The fraction of sp³-hybridized carbons (Fsp3) is 0.350. The lowest BCUT2D eigenvalue weighted by Gasteiger charge is -2.13. The molecule has 2 atom stereocenters. The summed E-state index contributed by atoms with van der Waals surface area (Å²) >= 11 is 0. The third kappa shape index (κ3) is 3.16. The Morgan fingerprint density at radius 2 is 2.04 bits per heavy atom. The smallest absolute Gasteiger partial charge is 0.179 e. The number of nitrogens with zero attached hydrogens (tertiary/aromatic N) is 6. The molecule has 8 nitrogen and oxygen atoms in total. The molecule has 1 aliphatic rings. The minimum absolute atomic E-state index is 0.330. The molecule has 0 bridgehead atoms. The van der Waals surface area contributed by atoms with Gasteiger partial charge in [0.25, 0.3) is 0 Å². The monoisotopic (exact) mass is 374 g/mol. The minimum Gasteiger partial charge on any atom is -0.367 e. The summed E-state index contributed by atoms with van der Waals surface area (Å²) < 4.78 is 2.10. The third-order valence-corrected chi connectivity index (χ3v) is 5.01. The van der Waals surface area contributed by atoms with Crippen molar-refractivity contribution in [2.24, 2.45) is 0 Å². The first-order valence-electron chi connectivity index (χ1n) is 9.61. The van der Waals surface area contributed by atoms with Gasteiger partial charge in [0.2, 0.25) is 0 Å². The van der Waals surface area contributed by atoms with Crippen LogP contribution in [0.15, 0.2) is 36.8 Å². The number of H-pyrrole nitrogens is 1. The summed E-state index contributed by atoms with van der Waals surface area (Å²) in [5, 5.41) is 21.1. The van der Waals surface area contributed by atoms with E-state index in [0.29, 0.717) is 17.5 Å². The van der Waals surface area contributed by atoms with E-state index >= 15 is 0 Å². The van der Waals surface area contributed by atoms with E-state index in [1.165, 1.54) is 0 Å². The Morgan fingerprint density at radius 3 is 2.82 bits per heavy atom. The lowest BCUT2D eigenvalue weighted by molar-refractivity contribution is 0.651. The Morgan fingerprint density at radius 1 is 1.14 bits per heavy atom. The number of rotatable bonds is 3. The fourth-order valence-electron chi connectivity index (χ4n) is 3.76. The normalized spacial score (nSPS) is 18.6. The number of anilines is 1. The van der Waals surface area contributed by atoms with E-state index in [1.807, 2.05) is 32.2 Å². The van der Waals surface area contributed by atoms with Gasteiger partial charge in [-0.3, -0.25) is 4.40 Å². The lowest BCUT2D eigenvalue weighted by Crippen LogP contribution is -2.16. The van der Waals surface area contributed by atoms with Crippen LogP contribution in [0.5, 0.6) is 0 Å². The zero-order valence-corrected chi connectivity index (χ0v) is 15.9. The highest BCUT2D eigenvalue weighted by atomic mass is 15.3. The number of fused-ring (bicyclic) bond motifs is 3. The van der Waals surface area contributed by atoms with Crippen molar-refractivity contribution in [1.82, 2.24) is 29.5 Å². The predicted octanol–water partition coefficient (Wildman–Crippen LogP) is 3.65. The van der Waals surface area contributed by atoms with Gasteiger partial charge in [-0.25, -0.2) is 9.97 Å². The highest BCUT2D eigenvalue weighted by Crippen LogP contribution is 2.35. The number of aromatic nitrogens is 6. The molecule has 142 valence electrons. The van der Waals surface area contributed by atoms with Gasteiger partial charge >= 0.3 is 0 Å². The molecule has 0 amide bonds. The van der Waals surface area contributed by atoms with Crippen LogP contribution < -0.4 is 5.32 Å². The summed E-state index contributed by atoms with van der Waals surface area (Å²) in [6.45, 7) is 4.00. The van der Waals surface area contributed by atoms with Crippen molar-refractivity contribution in [3.63, 3.8) is 0 Å². The number of pyridine rings is 1. The second kappa shape index (κ2) is 7.64. The maximum absolute atomic E-state index is 8.87. The van der Waals surface area contributed by atoms with Gasteiger partial charge < -0.3 is 10.3 Å². The Hall–Kier alpha value is -3.47. The SMILES string of the molecule is CC.N#Cc1ccc(N[C@H]2CC[C@@H](c3nnc4cnc5[nH]ccc5n34)C2)nc1. The standard InChI is InChI=1S/C18H16N8.C2H6/c19-8-11-1-4-15(21-9-11)23-13-3-2-12(7-13)18-25-24-16-10-22-17-14(26(16)18)5-6-20-17;1-2/h1,4-6,9-10,12-13,20H,2-3,7H2,(H,21,23);1-2H3/t12-,13+;/m1./s1. The van der Waals surface area contributed by atoms with Gasteiger partial charge in [-0.1, -0.05) is 13.8 Å². The molecule has 28 heavy (non-hydrogen) atoms. The van der Waals surface area contributed by atoms with Crippen molar-refractivity contribution in [3.8, 4) is 6.07 Å². The van der Waals surface area contributed by atoms with Gasteiger partial charge in [-0.05, 0) is 37.5 Å². The molecular formula is C20H22N8. The van der Waals surface area contributed by atoms with Gasteiger partial charge in [-0.15, -0.1) is 10.2 Å². The number of hydrogen-bond acceptors (Lipinski definition) is 6. The highest BCUT2D eigenvalue weighted by molar-refractivity contribution is 5.74. The molecule has 8 heteroatoms. The summed E-state index contributed by atoms with van der Waals surface area (Å²) in [5.74, 6) is 2.13. The molecule has 0 saturated heterocycles. The molecule has 1 aliphatic carbocycles. The van der Waals surface area contributed by atoms with Gasteiger partial charge in [0.05, 0.1) is 17.3 Å². The van der Waals surface area contributed by atoms with Gasteiger partial charge in [0, 0.05) is 24.4 Å². The number of aromatic amines is 1. The number of nitriles is 1. The minimum atomic E-state index is 0.330. The average Bonchev–Trinajstić information content (AvgIpc) is 3.48. The molecule has 2 N–H and O–H groups in total. The Bertz CT molecular complexity index is 1120. The van der Waals surface area contributed by atoms with E-state index in [0.717, 1.165) is 47.7 Å². The summed E-state index contributed by atoms with van der Waals surface area (Å²) in [7, 11) is 0. The first kappa shape index (κ1) is 17.9. The van der Waals surface area contributed by atoms with Crippen LogP contribution in [0.2, 0.25) is 0 Å². The molecule has 0 radical (unpaired) electrons. The summed E-state index contributed by atoms with van der Waals surface area (Å²) in [6, 6.07) is 8.06. The van der Waals surface area contributed by atoms with E-state index in [1.54, 1.807) is 18.5 Å². The third-order valence-electron chi connectivity index (χ3n) is 5.01. The summed E-state index contributed by atoms with van der Waals surface area (Å²) in [5.41, 5.74) is 3.19. The quantitative estimate of drug-likeness (QED) is 0.567. The highest BCUT2D eigenvalue weighted by Gasteiger charge is 2.30. The molecule has 4 aromatic rings. The molecule has 5 rings (SSSR count). The van der Waals surface area contributed by atoms with Crippen LogP contribution in [-0.2, 0) is 0 Å². The molecule has 1 fully saturated rings. The summed E-state index contributed by atoms with van der Waals surface area (Å²) in [4.78, 5) is 11.8. The van der Waals surface area contributed by atoms with Crippen LogP contribution >= 0.6 is 0 Å². The lowest BCUT2D eigenvalue weighted by atomic mass is 10.1. The second-order valence-electron chi connectivity index (χ2n) is 6.62. The topological polar surface area (TPSA) is 108 Å². The maximum Gasteiger partial charge on any atom is 0.179 e. The van der Waals surface area contributed by atoms with Crippen LogP contribution in [-0.4, -0.2) is 35.6 Å². The number of hydrogen-bond donors (Lipinski definition) is 2. The molecule has 0 aliphatic heterocycles. The van der Waals surface area contributed by atoms with Crippen LogP contribution in [0.3, 0.4) is 0 Å². The van der Waals surface area contributed by atoms with Crippen LogP contribution in [0, 0.1) is 11.3 Å². The Balaban J connectivity index is 0.000000932. The van der Waals surface area contributed by atoms with Crippen molar-refractivity contribution >= 4 is 22.6 Å². The Kier molecular flexibility index (Phi) is 4.89. The molecule has 0 unspecified atom stereocenters.